The topological polar surface area (TPSA) is 58.2 Å². The molecule has 0 aliphatic heterocycles. The van der Waals surface area contributed by atoms with Crippen molar-refractivity contribution in [2.24, 2.45) is 11.8 Å². The third-order valence-corrected chi connectivity index (χ3v) is 4.68. The summed E-state index contributed by atoms with van der Waals surface area (Å²) < 4.78 is 0. The Morgan fingerprint density at radius 3 is 2.55 bits per heavy atom. The molecule has 2 aliphatic rings. The third kappa shape index (κ3) is 3.93. The standard InChI is InChI=1S/C16H18Cl2N2O2/c17-10-2-1-9(14(18)7-10)5-6-19-15(21)12-8-13(12)16(22)20-11-3-4-11/h1-2,7,11-13H,3-6,8H2,(H,19,21)(H,20,22). The lowest BCUT2D eigenvalue weighted by Crippen LogP contribution is -2.32. The van der Waals surface area contributed by atoms with Gasteiger partial charge >= 0.3 is 0 Å². The van der Waals surface area contributed by atoms with Crippen molar-refractivity contribution in [2.45, 2.75) is 31.7 Å². The monoisotopic (exact) mass is 340 g/mol. The van der Waals surface area contributed by atoms with E-state index < -0.39 is 0 Å². The molecule has 2 amide bonds. The van der Waals surface area contributed by atoms with E-state index in [4.69, 9.17) is 23.2 Å². The summed E-state index contributed by atoms with van der Waals surface area (Å²) in [4.78, 5) is 23.8. The molecule has 0 aromatic heterocycles. The quantitative estimate of drug-likeness (QED) is 0.836. The summed E-state index contributed by atoms with van der Waals surface area (Å²) in [7, 11) is 0. The highest BCUT2D eigenvalue weighted by atomic mass is 35.5. The average molecular weight is 341 g/mol. The number of halogens is 2. The van der Waals surface area contributed by atoms with E-state index in [1.54, 1.807) is 12.1 Å². The van der Waals surface area contributed by atoms with Crippen molar-refractivity contribution >= 4 is 35.0 Å². The molecular weight excluding hydrogens is 323 g/mol. The van der Waals surface area contributed by atoms with Crippen LogP contribution < -0.4 is 10.6 Å². The Kier molecular flexibility index (Phi) is 4.59. The highest BCUT2D eigenvalue weighted by Gasteiger charge is 2.48. The maximum Gasteiger partial charge on any atom is 0.224 e. The van der Waals surface area contributed by atoms with Crippen LogP contribution in [0.25, 0.3) is 0 Å². The molecule has 2 atom stereocenters. The number of benzene rings is 1. The Balaban J connectivity index is 1.40. The van der Waals surface area contributed by atoms with E-state index in [9.17, 15) is 9.59 Å². The van der Waals surface area contributed by atoms with Crippen molar-refractivity contribution < 1.29 is 9.59 Å². The van der Waals surface area contributed by atoms with E-state index in [1.807, 2.05) is 6.07 Å². The Morgan fingerprint density at radius 2 is 1.86 bits per heavy atom. The molecule has 2 saturated carbocycles. The van der Waals surface area contributed by atoms with Gasteiger partial charge in [0, 0.05) is 22.6 Å². The lowest BCUT2D eigenvalue weighted by Gasteiger charge is -2.07. The average Bonchev–Trinajstić information content (AvgIpc) is 3.34. The summed E-state index contributed by atoms with van der Waals surface area (Å²) >= 11 is 11.9. The van der Waals surface area contributed by atoms with Gasteiger partial charge in [0.2, 0.25) is 11.8 Å². The van der Waals surface area contributed by atoms with E-state index >= 15 is 0 Å². The molecular formula is C16H18Cl2N2O2. The molecule has 2 unspecified atom stereocenters. The zero-order chi connectivity index (χ0) is 15.7. The van der Waals surface area contributed by atoms with Gasteiger partial charge in [0.05, 0.1) is 11.8 Å². The first kappa shape index (κ1) is 15.6. The highest BCUT2D eigenvalue weighted by Crippen LogP contribution is 2.39. The van der Waals surface area contributed by atoms with Crippen LogP contribution in [0.2, 0.25) is 10.0 Å². The maximum absolute atomic E-state index is 12.0. The van der Waals surface area contributed by atoms with Crippen LogP contribution in [0.5, 0.6) is 0 Å². The number of amides is 2. The van der Waals surface area contributed by atoms with Gasteiger partial charge in [-0.05, 0) is 43.4 Å². The molecule has 4 nitrogen and oxygen atoms in total. The Morgan fingerprint density at radius 1 is 1.14 bits per heavy atom. The smallest absolute Gasteiger partial charge is 0.224 e. The molecule has 3 rings (SSSR count). The molecule has 0 bridgehead atoms. The number of hydrogen-bond donors (Lipinski definition) is 2. The van der Waals surface area contributed by atoms with Crippen molar-refractivity contribution in [1.29, 1.82) is 0 Å². The molecule has 2 fully saturated rings. The first-order valence-corrected chi connectivity index (χ1v) is 8.32. The number of hydrogen-bond acceptors (Lipinski definition) is 2. The fourth-order valence-corrected chi connectivity index (χ4v) is 2.99. The normalized spacial score (nSPS) is 23.0. The largest absolute Gasteiger partial charge is 0.356 e. The van der Waals surface area contributed by atoms with Crippen LogP contribution in [-0.4, -0.2) is 24.4 Å². The van der Waals surface area contributed by atoms with Crippen LogP contribution in [0.4, 0.5) is 0 Å². The first-order valence-electron chi connectivity index (χ1n) is 7.56. The number of carbonyl (C=O) groups is 2. The van der Waals surface area contributed by atoms with Gasteiger partial charge in [-0.1, -0.05) is 29.3 Å². The predicted molar refractivity (Wildman–Crippen MR) is 85.9 cm³/mol. The first-order chi connectivity index (χ1) is 10.5. The minimum atomic E-state index is -0.167. The van der Waals surface area contributed by atoms with Crippen LogP contribution >= 0.6 is 23.2 Å². The van der Waals surface area contributed by atoms with Gasteiger partial charge in [-0.15, -0.1) is 0 Å². The van der Waals surface area contributed by atoms with Crippen molar-refractivity contribution in [2.75, 3.05) is 6.54 Å². The van der Waals surface area contributed by atoms with Crippen LogP contribution in [-0.2, 0) is 16.0 Å². The molecule has 1 aromatic rings. The van der Waals surface area contributed by atoms with Crippen LogP contribution in [0.15, 0.2) is 18.2 Å². The summed E-state index contributed by atoms with van der Waals surface area (Å²) in [5, 5.41) is 7.03. The van der Waals surface area contributed by atoms with Gasteiger partial charge in [0.1, 0.15) is 0 Å². The van der Waals surface area contributed by atoms with Crippen LogP contribution in [0.1, 0.15) is 24.8 Å². The van der Waals surface area contributed by atoms with Gasteiger partial charge in [-0.25, -0.2) is 0 Å². The summed E-state index contributed by atoms with van der Waals surface area (Å²) in [6.07, 6.45) is 3.44. The number of rotatable bonds is 6. The van der Waals surface area contributed by atoms with Crippen LogP contribution in [0, 0.1) is 11.8 Å². The summed E-state index contributed by atoms with van der Waals surface area (Å²) in [6.45, 7) is 0.508. The van der Waals surface area contributed by atoms with Gasteiger partial charge in [0.15, 0.2) is 0 Å². The van der Waals surface area contributed by atoms with E-state index in [-0.39, 0.29) is 23.7 Å². The second-order valence-corrected chi connectivity index (χ2v) is 6.85. The number of carbonyl (C=O) groups excluding carboxylic acids is 2. The molecule has 1 aromatic carbocycles. The molecule has 118 valence electrons. The third-order valence-electron chi connectivity index (χ3n) is 4.10. The summed E-state index contributed by atoms with van der Waals surface area (Å²) in [5.74, 6) is -0.316. The van der Waals surface area contributed by atoms with Gasteiger partial charge in [-0.3, -0.25) is 9.59 Å². The Hall–Kier alpha value is -1.26. The minimum absolute atomic E-state index is 0.0309. The fourth-order valence-electron chi connectivity index (χ4n) is 2.49. The molecule has 2 aliphatic carbocycles. The van der Waals surface area contributed by atoms with E-state index in [0.717, 1.165) is 18.4 Å². The zero-order valence-electron chi connectivity index (χ0n) is 12.1. The SMILES string of the molecule is O=C(NCCc1ccc(Cl)cc1Cl)C1CC1C(=O)NC1CC1. The number of nitrogens with one attached hydrogen (secondary N) is 2. The van der Waals surface area contributed by atoms with Crippen LogP contribution in [0.3, 0.4) is 0 Å². The summed E-state index contributed by atoms with van der Waals surface area (Å²) in [6, 6.07) is 5.69. The minimum Gasteiger partial charge on any atom is -0.356 e. The molecule has 0 heterocycles. The van der Waals surface area contributed by atoms with Crippen molar-refractivity contribution in [3.05, 3.63) is 33.8 Å². The van der Waals surface area contributed by atoms with Crippen molar-refractivity contribution in [1.82, 2.24) is 10.6 Å². The van der Waals surface area contributed by atoms with Gasteiger partial charge < -0.3 is 10.6 Å². The lowest BCUT2D eigenvalue weighted by atomic mass is 10.1. The van der Waals surface area contributed by atoms with Gasteiger partial charge in [-0.2, -0.15) is 0 Å². The Labute approximate surface area is 139 Å². The van der Waals surface area contributed by atoms with Crippen molar-refractivity contribution in [3.63, 3.8) is 0 Å². The zero-order valence-corrected chi connectivity index (χ0v) is 13.6. The van der Waals surface area contributed by atoms with E-state index in [2.05, 4.69) is 10.6 Å². The second kappa shape index (κ2) is 6.47. The summed E-state index contributed by atoms with van der Waals surface area (Å²) in [5.41, 5.74) is 0.949. The Bertz CT molecular complexity index is 602. The predicted octanol–water partition coefficient (Wildman–Crippen LogP) is 2.57. The van der Waals surface area contributed by atoms with Crippen molar-refractivity contribution in [3.8, 4) is 0 Å². The lowest BCUT2D eigenvalue weighted by molar-refractivity contribution is -0.127. The van der Waals surface area contributed by atoms with E-state index in [0.29, 0.717) is 35.5 Å². The van der Waals surface area contributed by atoms with Gasteiger partial charge in [0.25, 0.3) is 0 Å². The fraction of sp³-hybridized carbons (Fsp3) is 0.500. The molecule has 0 radical (unpaired) electrons. The maximum atomic E-state index is 12.0. The molecule has 2 N–H and O–H groups in total. The molecule has 22 heavy (non-hydrogen) atoms. The molecule has 0 saturated heterocycles. The highest BCUT2D eigenvalue weighted by molar-refractivity contribution is 6.35. The molecule has 6 heteroatoms. The molecule has 0 spiro atoms. The second-order valence-electron chi connectivity index (χ2n) is 6.01. The van der Waals surface area contributed by atoms with E-state index in [1.165, 1.54) is 0 Å².